The zero-order valence-electron chi connectivity index (χ0n) is 10.1. The molecule has 7 heteroatoms. The molecule has 0 fully saturated rings. The van der Waals surface area contributed by atoms with E-state index in [4.69, 9.17) is 46.4 Å². The third-order valence-corrected chi connectivity index (χ3v) is 5.32. The molecule has 0 aliphatic carbocycles. The summed E-state index contributed by atoms with van der Waals surface area (Å²) in [6.07, 6.45) is 1.06. The topological polar surface area (TPSA) is 34.1 Å². The molecule has 0 heterocycles. The van der Waals surface area contributed by atoms with Crippen LogP contribution in [0.1, 0.15) is 0 Å². The molecular formula is C13H8Cl4O2S. The summed E-state index contributed by atoms with van der Waals surface area (Å²) in [5, 5.41) is 0.959. The largest absolute Gasteiger partial charge is 0.224 e. The summed E-state index contributed by atoms with van der Waals surface area (Å²) in [6, 6.07) is 7.87. The van der Waals surface area contributed by atoms with Crippen molar-refractivity contribution in [3.8, 4) is 11.1 Å². The van der Waals surface area contributed by atoms with Gasteiger partial charge in [-0.3, -0.25) is 0 Å². The second-order valence-electron chi connectivity index (χ2n) is 4.14. The van der Waals surface area contributed by atoms with Crippen LogP contribution >= 0.6 is 46.4 Å². The molecule has 2 nitrogen and oxygen atoms in total. The Balaban J connectivity index is 2.82. The molecular weight excluding hydrogens is 362 g/mol. The maximum absolute atomic E-state index is 11.7. The summed E-state index contributed by atoms with van der Waals surface area (Å²) in [5.74, 6) is 0. The number of rotatable bonds is 2. The molecule has 106 valence electrons. The van der Waals surface area contributed by atoms with Crippen molar-refractivity contribution in [2.24, 2.45) is 0 Å². The minimum Gasteiger partial charge on any atom is -0.224 e. The van der Waals surface area contributed by atoms with E-state index in [1.165, 1.54) is 6.07 Å². The van der Waals surface area contributed by atoms with E-state index in [0.717, 1.165) is 6.26 Å². The molecule has 0 saturated heterocycles. The van der Waals surface area contributed by atoms with Crippen molar-refractivity contribution >= 4 is 56.2 Å². The molecule has 2 aromatic rings. The first-order valence-corrected chi connectivity index (χ1v) is 8.75. The predicted octanol–water partition coefficient (Wildman–Crippen LogP) is 5.37. The maximum Gasteiger partial charge on any atom is 0.177 e. The molecule has 2 aromatic carbocycles. The monoisotopic (exact) mass is 368 g/mol. The van der Waals surface area contributed by atoms with E-state index in [9.17, 15) is 8.42 Å². The molecule has 20 heavy (non-hydrogen) atoms. The molecule has 0 unspecified atom stereocenters. The molecule has 0 spiro atoms. The van der Waals surface area contributed by atoms with Gasteiger partial charge in [0.1, 0.15) is 0 Å². The van der Waals surface area contributed by atoms with Crippen molar-refractivity contribution in [1.82, 2.24) is 0 Å². The Morgan fingerprint density at radius 1 is 0.900 bits per heavy atom. The fourth-order valence-electron chi connectivity index (χ4n) is 1.74. The van der Waals surface area contributed by atoms with Gasteiger partial charge in [-0.25, -0.2) is 8.42 Å². The third-order valence-electron chi connectivity index (χ3n) is 2.65. The third kappa shape index (κ3) is 3.07. The summed E-state index contributed by atoms with van der Waals surface area (Å²) < 4.78 is 23.5. The fourth-order valence-corrected chi connectivity index (χ4v) is 3.83. The van der Waals surface area contributed by atoms with Gasteiger partial charge in [-0.2, -0.15) is 0 Å². The highest BCUT2D eigenvalue weighted by molar-refractivity contribution is 7.90. The summed E-state index contributed by atoms with van der Waals surface area (Å²) in [7, 11) is -3.50. The van der Waals surface area contributed by atoms with Gasteiger partial charge in [0.2, 0.25) is 0 Å². The highest BCUT2D eigenvalue weighted by atomic mass is 35.5. The van der Waals surface area contributed by atoms with Gasteiger partial charge in [-0.05, 0) is 18.2 Å². The molecule has 0 aliphatic rings. The first-order valence-electron chi connectivity index (χ1n) is 5.35. The van der Waals surface area contributed by atoms with Crippen LogP contribution in [0.5, 0.6) is 0 Å². The van der Waals surface area contributed by atoms with Crippen LogP contribution in [0.25, 0.3) is 11.1 Å². The van der Waals surface area contributed by atoms with Crippen LogP contribution in [0.2, 0.25) is 20.1 Å². The predicted molar refractivity (Wildman–Crippen MR) is 85.0 cm³/mol. The molecule has 0 saturated carbocycles. The van der Waals surface area contributed by atoms with Gasteiger partial charge in [-0.1, -0.05) is 58.5 Å². The van der Waals surface area contributed by atoms with Crippen LogP contribution < -0.4 is 0 Å². The highest BCUT2D eigenvalue weighted by Gasteiger charge is 2.19. The fraction of sp³-hybridized carbons (Fsp3) is 0.0769. The van der Waals surface area contributed by atoms with Crippen molar-refractivity contribution in [2.75, 3.05) is 6.26 Å². The van der Waals surface area contributed by atoms with Crippen molar-refractivity contribution in [3.63, 3.8) is 0 Å². The normalized spacial score (nSPS) is 11.7. The lowest BCUT2D eigenvalue weighted by Crippen LogP contribution is -1.99. The lowest BCUT2D eigenvalue weighted by Gasteiger charge is -2.12. The van der Waals surface area contributed by atoms with Gasteiger partial charge in [0.15, 0.2) is 9.84 Å². The zero-order chi connectivity index (χ0) is 15.1. The van der Waals surface area contributed by atoms with E-state index in [0.29, 0.717) is 16.1 Å². The van der Waals surface area contributed by atoms with E-state index in [1.807, 2.05) is 0 Å². The molecule has 0 aromatic heterocycles. The highest BCUT2D eigenvalue weighted by Crippen LogP contribution is 2.41. The first-order chi connectivity index (χ1) is 9.21. The second kappa shape index (κ2) is 5.74. The summed E-state index contributed by atoms with van der Waals surface area (Å²) >= 11 is 24.3. The van der Waals surface area contributed by atoms with Gasteiger partial charge < -0.3 is 0 Å². The van der Waals surface area contributed by atoms with Gasteiger partial charge in [-0.15, -0.1) is 0 Å². The van der Waals surface area contributed by atoms with Crippen LogP contribution in [0.4, 0.5) is 0 Å². The van der Waals surface area contributed by atoms with E-state index >= 15 is 0 Å². The Bertz CT molecular complexity index is 785. The number of hydrogen-bond acceptors (Lipinski definition) is 2. The van der Waals surface area contributed by atoms with Crippen molar-refractivity contribution in [2.45, 2.75) is 4.90 Å². The Kier molecular flexibility index (Phi) is 4.57. The maximum atomic E-state index is 11.7. The Morgan fingerprint density at radius 2 is 1.55 bits per heavy atom. The Hall–Kier alpha value is -0.450. The first kappa shape index (κ1) is 15.9. The average Bonchev–Trinajstić information content (AvgIpc) is 2.34. The summed E-state index contributed by atoms with van der Waals surface area (Å²) in [5.41, 5.74) is 0.948. The average molecular weight is 370 g/mol. The van der Waals surface area contributed by atoms with Gasteiger partial charge >= 0.3 is 0 Å². The van der Waals surface area contributed by atoms with Crippen molar-refractivity contribution in [3.05, 3.63) is 50.4 Å². The number of benzene rings is 2. The minimum absolute atomic E-state index is 0.0438. The quantitative estimate of drug-likeness (QED) is 0.712. The van der Waals surface area contributed by atoms with E-state index in [-0.39, 0.29) is 20.0 Å². The summed E-state index contributed by atoms with van der Waals surface area (Å²) in [6.45, 7) is 0. The van der Waals surface area contributed by atoms with Crippen LogP contribution in [0, 0.1) is 0 Å². The Morgan fingerprint density at radius 3 is 2.15 bits per heavy atom. The zero-order valence-corrected chi connectivity index (χ0v) is 14.0. The van der Waals surface area contributed by atoms with E-state index in [2.05, 4.69) is 0 Å². The molecule has 0 N–H and O–H groups in total. The Labute approximate surface area is 137 Å². The molecule has 2 rings (SSSR count). The van der Waals surface area contributed by atoms with Crippen molar-refractivity contribution < 1.29 is 8.42 Å². The van der Waals surface area contributed by atoms with Crippen molar-refractivity contribution in [1.29, 1.82) is 0 Å². The second-order valence-corrected chi connectivity index (χ2v) is 7.72. The van der Waals surface area contributed by atoms with Crippen LogP contribution in [0.15, 0.2) is 35.2 Å². The minimum atomic E-state index is -3.50. The molecule has 0 atom stereocenters. The molecule has 0 radical (unpaired) electrons. The van der Waals surface area contributed by atoms with Gasteiger partial charge in [0, 0.05) is 22.4 Å². The molecule has 0 bridgehead atoms. The molecule has 0 amide bonds. The van der Waals surface area contributed by atoms with E-state index < -0.39 is 9.84 Å². The SMILES string of the molecule is CS(=O)(=O)c1cc(Cl)cc(-c2cccc(Cl)c2Cl)c1Cl. The smallest absolute Gasteiger partial charge is 0.177 e. The lowest BCUT2D eigenvalue weighted by atomic mass is 10.1. The summed E-state index contributed by atoms with van der Waals surface area (Å²) in [4.78, 5) is -0.0438. The lowest BCUT2D eigenvalue weighted by molar-refractivity contribution is 0.602. The van der Waals surface area contributed by atoms with Crippen LogP contribution in [-0.2, 0) is 9.84 Å². The van der Waals surface area contributed by atoms with E-state index in [1.54, 1.807) is 24.3 Å². The molecule has 0 aliphatic heterocycles. The van der Waals surface area contributed by atoms with Gasteiger partial charge in [0.05, 0.1) is 20.0 Å². The number of sulfone groups is 1. The number of halogens is 4. The standard InChI is InChI=1S/C13H8Cl4O2S/c1-20(18,19)11-6-7(14)5-9(13(11)17)8-3-2-4-10(15)12(8)16/h2-6H,1H3. The van der Waals surface area contributed by atoms with Gasteiger partial charge in [0.25, 0.3) is 0 Å². The van der Waals surface area contributed by atoms with Crippen LogP contribution in [-0.4, -0.2) is 14.7 Å². The number of hydrogen-bond donors (Lipinski definition) is 0. The van der Waals surface area contributed by atoms with Crippen LogP contribution in [0.3, 0.4) is 0 Å².